The van der Waals surface area contributed by atoms with Crippen molar-refractivity contribution < 1.29 is 13.6 Å². The summed E-state index contributed by atoms with van der Waals surface area (Å²) < 4.78 is 27.2. The third kappa shape index (κ3) is 3.22. The SMILES string of the molecule is O=C(Nc1nc(-c2ccccc2)cs1)c1c[nH]c2cc(F)cc(F)c2c1=O. The summed E-state index contributed by atoms with van der Waals surface area (Å²) in [7, 11) is 0. The molecule has 0 bridgehead atoms. The van der Waals surface area contributed by atoms with Gasteiger partial charge in [-0.2, -0.15) is 0 Å². The number of aromatic nitrogens is 2. The van der Waals surface area contributed by atoms with E-state index in [9.17, 15) is 18.4 Å². The van der Waals surface area contributed by atoms with Gasteiger partial charge in [0, 0.05) is 23.2 Å². The molecule has 0 unspecified atom stereocenters. The molecule has 5 nitrogen and oxygen atoms in total. The van der Waals surface area contributed by atoms with Gasteiger partial charge < -0.3 is 4.98 Å². The number of nitrogens with one attached hydrogen (secondary N) is 2. The van der Waals surface area contributed by atoms with Crippen molar-refractivity contribution in [1.82, 2.24) is 9.97 Å². The number of carbonyl (C=O) groups excluding carboxylic acids is 1. The number of anilines is 1. The molecule has 0 atom stereocenters. The Morgan fingerprint density at radius 1 is 1.15 bits per heavy atom. The van der Waals surface area contributed by atoms with E-state index in [0.29, 0.717) is 16.9 Å². The second-order valence-corrected chi connectivity index (χ2v) is 6.56. The van der Waals surface area contributed by atoms with E-state index in [2.05, 4.69) is 15.3 Å². The Balaban J connectivity index is 1.65. The van der Waals surface area contributed by atoms with Crippen molar-refractivity contribution in [2.75, 3.05) is 5.32 Å². The first-order valence-corrected chi connectivity index (χ1v) is 8.73. The number of rotatable bonds is 3. The molecule has 0 radical (unpaired) electrons. The topological polar surface area (TPSA) is 74.8 Å². The zero-order chi connectivity index (χ0) is 19.0. The van der Waals surface area contributed by atoms with Crippen LogP contribution in [0.3, 0.4) is 0 Å². The van der Waals surface area contributed by atoms with Gasteiger partial charge in [0.2, 0.25) is 5.43 Å². The minimum atomic E-state index is -1.03. The Bertz CT molecular complexity index is 1220. The van der Waals surface area contributed by atoms with E-state index < -0.39 is 23.0 Å². The van der Waals surface area contributed by atoms with Gasteiger partial charge in [0.1, 0.15) is 17.2 Å². The zero-order valence-corrected chi connectivity index (χ0v) is 14.4. The van der Waals surface area contributed by atoms with Crippen LogP contribution in [0.2, 0.25) is 0 Å². The number of nitrogens with zero attached hydrogens (tertiary/aromatic N) is 1. The zero-order valence-electron chi connectivity index (χ0n) is 13.6. The molecule has 4 aromatic rings. The minimum absolute atomic E-state index is 0.0188. The van der Waals surface area contributed by atoms with Crippen LogP contribution in [0.25, 0.3) is 22.2 Å². The predicted octanol–water partition coefficient (Wildman–Crippen LogP) is 4.18. The van der Waals surface area contributed by atoms with E-state index in [4.69, 9.17) is 0 Å². The molecular weight excluding hydrogens is 372 g/mol. The molecule has 0 aliphatic carbocycles. The maximum absolute atomic E-state index is 14.0. The number of pyridine rings is 1. The molecule has 0 aliphatic rings. The highest BCUT2D eigenvalue weighted by Gasteiger charge is 2.17. The molecule has 2 heterocycles. The number of H-pyrrole nitrogens is 1. The average Bonchev–Trinajstić information content (AvgIpc) is 3.10. The molecule has 2 N–H and O–H groups in total. The highest BCUT2D eigenvalue weighted by atomic mass is 32.1. The number of carbonyl (C=O) groups is 1. The van der Waals surface area contributed by atoms with Crippen LogP contribution in [0, 0.1) is 11.6 Å². The number of fused-ring (bicyclic) bond motifs is 1. The summed E-state index contributed by atoms with van der Waals surface area (Å²) in [5.74, 6) is -2.57. The first kappa shape index (κ1) is 17.0. The molecule has 2 aromatic carbocycles. The largest absolute Gasteiger partial charge is 0.360 e. The van der Waals surface area contributed by atoms with Crippen molar-refractivity contribution in [2.45, 2.75) is 0 Å². The Kier molecular flexibility index (Phi) is 4.25. The van der Waals surface area contributed by atoms with E-state index in [1.54, 1.807) is 5.38 Å². The molecule has 0 spiro atoms. The van der Waals surface area contributed by atoms with Gasteiger partial charge >= 0.3 is 0 Å². The molecule has 2 aromatic heterocycles. The maximum atomic E-state index is 14.0. The summed E-state index contributed by atoms with van der Waals surface area (Å²) in [6, 6.07) is 11.0. The van der Waals surface area contributed by atoms with Crippen molar-refractivity contribution in [3.8, 4) is 11.3 Å². The van der Waals surface area contributed by atoms with E-state index >= 15 is 0 Å². The number of aromatic amines is 1. The second-order valence-electron chi connectivity index (χ2n) is 5.70. The number of thiazole rings is 1. The van der Waals surface area contributed by atoms with E-state index in [1.165, 1.54) is 11.3 Å². The van der Waals surface area contributed by atoms with Gasteiger partial charge in [-0.15, -0.1) is 11.3 Å². The quantitative estimate of drug-likeness (QED) is 0.557. The van der Waals surface area contributed by atoms with Crippen LogP contribution < -0.4 is 10.7 Å². The van der Waals surface area contributed by atoms with Crippen molar-refractivity contribution in [3.05, 3.63) is 81.5 Å². The summed E-state index contributed by atoms with van der Waals surface area (Å²) in [4.78, 5) is 31.8. The van der Waals surface area contributed by atoms with Crippen LogP contribution in [0.5, 0.6) is 0 Å². The average molecular weight is 383 g/mol. The lowest BCUT2D eigenvalue weighted by molar-refractivity contribution is 0.102. The molecular formula is C19H11F2N3O2S. The van der Waals surface area contributed by atoms with Crippen molar-refractivity contribution in [2.24, 2.45) is 0 Å². The fourth-order valence-corrected chi connectivity index (χ4v) is 3.39. The molecule has 0 fully saturated rings. The highest BCUT2D eigenvalue weighted by Crippen LogP contribution is 2.25. The highest BCUT2D eigenvalue weighted by molar-refractivity contribution is 7.14. The number of amides is 1. The third-order valence-corrected chi connectivity index (χ3v) is 4.70. The van der Waals surface area contributed by atoms with Crippen LogP contribution in [0.1, 0.15) is 10.4 Å². The summed E-state index contributed by atoms with van der Waals surface area (Å²) in [6.07, 6.45) is 1.13. The molecule has 8 heteroatoms. The van der Waals surface area contributed by atoms with Gasteiger partial charge in [-0.3, -0.25) is 14.9 Å². The lowest BCUT2D eigenvalue weighted by Gasteiger charge is -2.04. The number of hydrogen-bond acceptors (Lipinski definition) is 4. The van der Waals surface area contributed by atoms with Crippen molar-refractivity contribution >= 4 is 33.3 Å². The van der Waals surface area contributed by atoms with Gasteiger partial charge in [-0.25, -0.2) is 13.8 Å². The number of benzene rings is 2. The fourth-order valence-electron chi connectivity index (χ4n) is 2.67. The monoisotopic (exact) mass is 383 g/mol. The van der Waals surface area contributed by atoms with Crippen LogP contribution in [0.4, 0.5) is 13.9 Å². The minimum Gasteiger partial charge on any atom is -0.360 e. The van der Waals surface area contributed by atoms with Gasteiger partial charge in [-0.1, -0.05) is 30.3 Å². The van der Waals surface area contributed by atoms with Crippen LogP contribution in [-0.2, 0) is 0 Å². The molecule has 27 heavy (non-hydrogen) atoms. The van der Waals surface area contributed by atoms with Crippen LogP contribution >= 0.6 is 11.3 Å². The molecule has 0 aliphatic heterocycles. The first-order valence-electron chi connectivity index (χ1n) is 7.85. The predicted molar refractivity (Wildman–Crippen MR) is 100.0 cm³/mol. The van der Waals surface area contributed by atoms with Gasteiger partial charge in [-0.05, 0) is 6.07 Å². The Labute approximate surface area is 155 Å². The van der Waals surface area contributed by atoms with E-state index in [1.807, 2.05) is 30.3 Å². The third-order valence-electron chi connectivity index (χ3n) is 3.94. The lowest BCUT2D eigenvalue weighted by Crippen LogP contribution is -2.22. The second kappa shape index (κ2) is 6.73. The summed E-state index contributed by atoms with van der Waals surface area (Å²) >= 11 is 1.20. The molecule has 0 saturated heterocycles. The standard InChI is InChI=1S/C19H11F2N3O2S/c20-11-6-13(21)16-14(7-11)22-8-12(17(16)25)18(26)24-19-23-15(9-27-19)10-4-2-1-3-5-10/h1-9H,(H,22,25)(H,23,24,26). The van der Waals surface area contributed by atoms with Crippen molar-refractivity contribution in [3.63, 3.8) is 0 Å². The summed E-state index contributed by atoms with van der Waals surface area (Å²) in [5, 5.41) is 4.25. The smallest absolute Gasteiger partial charge is 0.262 e. The van der Waals surface area contributed by atoms with E-state index in [0.717, 1.165) is 17.8 Å². The normalized spacial score (nSPS) is 10.9. The first-order chi connectivity index (χ1) is 13.0. The van der Waals surface area contributed by atoms with Crippen molar-refractivity contribution in [1.29, 1.82) is 0 Å². The molecule has 1 amide bonds. The van der Waals surface area contributed by atoms with Gasteiger partial charge in [0.15, 0.2) is 5.13 Å². The maximum Gasteiger partial charge on any atom is 0.262 e. The Morgan fingerprint density at radius 2 is 1.93 bits per heavy atom. The molecule has 4 rings (SSSR count). The molecule has 0 saturated carbocycles. The van der Waals surface area contributed by atoms with Gasteiger partial charge in [0.25, 0.3) is 5.91 Å². The molecule has 134 valence electrons. The number of hydrogen-bond donors (Lipinski definition) is 2. The van der Waals surface area contributed by atoms with Crippen LogP contribution in [0.15, 0.2) is 58.8 Å². The summed E-state index contributed by atoms with van der Waals surface area (Å²) in [6.45, 7) is 0. The van der Waals surface area contributed by atoms with E-state index in [-0.39, 0.29) is 16.5 Å². The summed E-state index contributed by atoms with van der Waals surface area (Å²) in [5.41, 5.74) is 0.449. The van der Waals surface area contributed by atoms with Crippen LogP contribution in [-0.4, -0.2) is 15.9 Å². The fraction of sp³-hybridized carbons (Fsp3) is 0. The number of halogens is 2. The Morgan fingerprint density at radius 3 is 2.70 bits per heavy atom. The lowest BCUT2D eigenvalue weighted by atomic mass is 10.1. The van der Waals surface area contributed by atoms with Gasteiger partial charge in [0.05, 0.1) is 16.6 Å². The Hall–Kier alpha value is -3.39.